The first-order chi connectivity index (χ1) is 13.6. The van der Waals surface area contributed by atoms with E-state index in [0.29, 0.717) is 5.75 Å². The van der Waals surface area contributed by atoms with Gasteiger partial charge in [-0.25, -0.2) is 12.8 Å². The molecule has 0 bridgehead atoms. The van der Waals surface area contributed by atoms with Crippen molar-refractivity contribution in [3.05, 3.63) is 41.2 Å². The predicted octanol–water partition coefficient (Wildman–Crippen LogP) is 2.76. The number of ether oxygens (including phenoxy) is 3. The van der Waals surface area contributed by atoms with Crippen LogP contribution >= 0.6 is 11.6 Å². The number of hydrogen-bond donors (Lipinski definition) is 1. The van der Waals surface area contributed by atoms with Crippen molar-refractivity contribution in [3.63, 3.8) is 0 Å². The van der Waals surface area contributed by atoms with Crippen LogP contribution < -0.4 is 19.5 Å². The average Bonchev–Trinajstić information content (AvgIpc) is 2.68. The molecule has 0 heterocycles. The highest BCUT2D eigenvalue weighted by atomic mass is 35.5. The van der Waals surface area contributed by atoms with E-state index in [0.717, 1.165) is 16.4 Å². The Bertz CT molecular complexity index is 1020. The first-order valence-electron chi connectivity index (χ1n) is 8.15. The van der Waals surface area contributed by atoms with Gasteiger partial charge in [0, 0.05) is 19.2 Å². The molecule has 1 amide bonds. The van der Waals surface area contributed by atoms with Gasteiger partial charge in [0.1, 0.15) is 28.0 Å². The van der Waals surface area contributed by atoms with Crippen LogP contribution in [0.5, 0.6) is 17.2 Å². The number of nitrogens with one attached hydrogen (secondary N) is 1. The zero-order valence-electron chi connectivity index (χ0n) is 16.2. The fraction of sp³-hybridized carbons (Fsp3) is 0.278. The van der Waals surface area contributed by atoms with Crippen molar-refractivity contribution >= 4 is 33.2 Å². The SMILES string of the molecule is COc1cc(NC(=O)CN(C)S(=O)(=O)c2cc(F)ccc2OC)c(OC)cc1Cl. The van der Waals surface area contributed by atoms with Crippen LogP contribution in [0.1, 0.15) is 0 Å². The highest BCUT2D eigenvalue weighted by Crippen LogP contribution is 2.36. The number of halogens is 2. The number of sulfonamides is 1. The number of benzene rings is 2. The van der Waals surface area contributed by atoms with Crippen molar-refractivity contribution in [1.29, 1.82) is 0 Å². The summed E-state index contributed by atoms with van der Waals surface area (Å²) >= 11 is 6.02. The molecule has 0 radical (unpaired) electrons. The zero-order chi connectivity index (χ0) is 21.8. The van der Waals surface area contributed by atoms with Gasteiger partial charge >= 0.3 is 0 Å². The van der Waals surface area contributed by atoms with Crippen LogP contribution in [0.4, 0.5) is 10.1 Å². The van der Waals surface area contributed by atoms with Crippen LogP contribution in [-0.4, -0.2) is 53.6 Å². The second kappa shape index (κ2) is 9.29. The zero-order valence-corrected chi connectivity index (χ0v) is 17.7. The van der Waals surface area contributed by atoms with Crippen LogP contribution in [0.2, 0.25) is 5.02 Å². The third-order valence-corrected chi connectivity index (χ3v) is 6.05. The number of carbonyl (C=O) groups excluding carboxylic acids is 1. The first kappa shape index (κ1) is 22.7. The van der Waals surface area contributed by atoms with E-state index in [9.17, 15) is 17.6 Å². The Kier molecular flexibility index (Phi) is 7.28. The Labute approximate surface area is 173 Å². The van der Waals surface area contributed by atoms with Gasteiger partial charge < -0.3 is 19.5 Å². The van der Waals surface area contributed by atoms with Crippen molar-refractivity contribution in [3.8, 4) is 17.2 Å². The molecular weight excluding hydrogens is 427 g/mol. The van der Waals surface area contributed by atoms with Gasteiger partial charge in [-0.2, -0.15) is 4.31 Å². The van der Waals surface area contributed by atoms with Crippen LogP contribution in [0.3, 0.4) is 0 Å². The Balaban J connectivity index is 2.24. The monoisotopic (exact) mass is 446 g/mol. The minimum atomic E-state index is -4.20. The highest BCUT2D eigenvalue weighted by molar-refractivity contribution is 7.89. The molecule has 11 heteroatoms. The molecule has 0 aromatic heterocycles. The lowest BCUT2D eigenvalue weighted by Gasteiger charge is -2.19. The van der Waals surface area contributed by atoms with E-state index in [2.05, 4.69) is 5.32 Å². The topological polar surface area (TPSA) is 94.2 Å². The quantitative estimate of drug-likeness (QED) is 0.670. The number of carbonyl (C=O) groups is 1. The van der Waals surface area contributed by atoms with Gasteiger partial charge in [0.15, 0.2) is 0 Å². The van der Waals surface area contributed by atoms with Crippen LogP contribution in [0.25, 0.3) is 0 Å². The van der Waals surface area contributed by atoms with Gasteiger partial charge in [-0.05, 0) is 18.2 Å². The van der Waals surface area contributed by atoms with Crippen LogP contribution in [0, 0.1) is 5.82 Å². The smallest absolute Gasteiger partial charge is 0.247 e. The number of amides is 1. The number of likely N-dealkylation sites (N-methyl/N-ethyl adjacent to an activating group) is 1. The molecule has 0 fully saturated rings. The lowest BCUT2D eigenvalue weighted by molar-refractivity contribution is -0.116. The third kappa shape index (κ3) is 5.08. The highest BCUT2D eigenvalue weighted by Gasteiger charge is 2.27. The lowest BCUT2D eigenvalue weighted by atomic mass is 10.2. The number of nitrogens with zero attached hydrogens (tertiary/aromatic N) is 1. The normalized spacial score (nSPS) is 11.3. The number of methoxy groups -OCH3 is 3. The second-order valence-corrected chi connectivity index (χ2v) is 8.21. The minimum absolute atomic E-state index is 0.0391. The number of anilines is 1. The Morgan fingerprint density at radius 1 is 1.07 bits per heavy atom. The summed E-state index contributed by atoms with van der Waals surface area (Å²) in [4.78, 5) is 12.0. The standard InChI is InChI=1S/C18H20ClFN2O6S/c1-22(29(24,25)17-7-11(20)5-6-14(17)26-2)10-18(23)21-13-9-15(27-3)12(19)8-16(13)28-4/h5-9H,10H2,1-4H3,(H,21,23). The largest absolute Gasteiger partial charge is 0.495 e. The first-order valence-corrected chi connectivity index (χ1v) is 9.97. The van der Waals surface area contributed by atoms with Gasteiger partial charge in [0.05, 0.1) is 38.6 Å². The molecule has 0 aliphatic rings. The summed E-state index contributed by atoms with van der Waals surface area (Å²) in [7, 11) is 1.06. The second-order valence-electron chi connectivity index (χ2n) is 5.79. The molecule has 0 saturated heterocycles. The predicted molar refractivity (Wildman–Crippen MR) is 106 cm³/mol. The fourth-order valence-electron chi connectivity index (χ4n) is 2.46. The minimum Gasteiger partial charge on any atom is -0.495 e. The summed E-state index contributed by atoms with van der Waals surface area (Å²) in [5.41, 5.74) is 0.243. The maximum absolute atomic E-state index is 13.6. The van der Waals surface area contributed by atoms with E-state index in [1.807, 2.05) is 0 Å². The van der Waals surface area contributed by atoms with Crippen molar-refractivity contribution < 1.29 is 31.8 Å². The van der Waals surface area contributed by atoms with Crippen LogP contribution in [0.15, 0.2) is 35.2 Å². The molecule has 0 atom stereocenters. The van der Waals surface area contributed by atoms with Gasteiger partial charge in [-0.1, -0.05) is 11.6 Å². The Hall–Kier alpha value is -2.56. The van der Waals surface area contributed by atoms with E-state index >= 15 is 0 Å². The molecule has 29 heavy (non-hydrogen) atoms. The summed E-state index contributed by atoms with van der Waals surface area (Å²) in [6.45, 7) is -0.546. The van der Waals surface area contributed by atoms with E-state index in [1.54, 1.807) is 0 Å². The molecule has 0 aliphatic heterocycles. The maximum Gasteiger partial charge on any atom is 0.247 e. The summed E-state index contributed by atoms with van der Waals surface area (Å²) in [5, 5.41) is 2.82. The molecule has 0 unspecified atom stereocenters. The van der Waals surface area contributed by atoms with Gasteiger partial charge in [0.25, 0.3) is 0 Å². The van der Waals surface area contributed by atoms with E-state index in [-0.39, 0.29) is 27.1 Å². The van der Waals surface area contributed by atoms with Gasteiger partial charge in [-0.3, -0.25) is 4.79 Å². The van der Waals surface area contributed by atoms with Crippen molar-refractivity contribution in [2.45, 2.75) is 4.90 Å². The molecule has 1 N–H and O–H groups in total. The van der Waals surface area contributed by atoms with Gasteiger partial charge in [-0.15, -0.1) is 0 Å². The van der Waals surface area contributed by atoms with E-state index in [4.69, 9.17) is 25.8 Å². The molecule has 2 rings (SSSR count). The van der Waals surface area contributed by atoms with Crippen molar-refractivity contribution in [2.75, 3.05) is 40.2 Å². The molecular formula is C18H20ClFN2O6S. The molecule has 158 valence electrons. The van der Waals surface area contributed by atoms with Crippen molar-refractivity contribution in [2.24, 2.45) is 0 Å². The maximum atomic E-state index is 13.6. The Morgan fingerprint density at radius 2 is 1.69 bits per heavy atom. The third-order valence-electron chi connectivity index (χ3n) is 3.93. The average molecular weight is 447 g/mol. The summed E-state index contributed by atoms with van der Waals surface area (Å²) < 4.78 is 55.1. The summed E-state index contributed by atoms with van der Waals surface area (Å²) in [6.07, 6.45) is 0. The lowest BCUT2D eigenvalue weighted by Crippen LogP contribution is -2.35. The number of rotatable bonds is 8. The molecule has 2 aromatic rings. The Morgan fingerprint density at radius 3 is 2.28 bits per heavy atom. The molecule has 0 saturated carbocycles. The van der Waals surface area contributed by atoms with Crippen molar-refractivity contribution in [1.82, 2.24) is 4.31 Å². The molecule has 0 spiro atoms. The molecule has 0 aliphatic carbocycles. The van der Waals surface area contributed by atoms with E-state index in [1.165, 1.54) is 46.6 Å². The number of hydrogen-bond acceptors (Lipinski definition) is 6. The molecule has 8 nitrogen and oxygen atoms in total. The molecule has 2 aromatic carbocycles. The van der Waals surface area contributed by atoms with Gasteiger partial charge in [0.2, 0.25) is 15.9 Å². The summed E-state index contributed by atoms with van der Waals surface area (Å²) in [5.74, 6) is -0.883. The fourth-order valence-corrected chi connectivity index (χ4v) is 3.98. The van der Waals surface area contributed by atoms with E-state index < -0.39 is 28.3 Å². The summed E-state index contributed by atoms with van der Waals surface area (Å²) in [6, 6.07) is 6.00. The van der Waals surface area contributed by atoms with Crippen LogP contribution in [-0.2, 0) is 14.8 Å².